The van der Waals surface area contributed by atoms with E-state index in [-0.39, 0.29) is 29.2 Å². The SMILES string of the molecule is CC1(C)CCC2(CC1)N[C@@H](C(=O)NC1CCC(c3noc(=O)[nH]3)CC1)[C@H](c1cccc(Cl)c1)[C@]21C(=O)Nc2cc(Cl)ccc21. The fourth-order valence-corrected chi connectivity index (χ4v) is 8.98. The van der Waals surface area contributed by atoms with Gasteiger partial charge in [-0.05, 0) is 92.2 Å². The van der Waals surface area contributed by atoms with Gasteiger partial charge in [0.1, 0.15) is 5.41 Å². The van der Waals surface area contributed by atoms with Crippen LogP contribution in [-0.2, 0) is 15.0 Å². The highest BCUT2D eigenvalue weighted by Crippen LogP contribution is 2.63. The standard InChI is InChI=1S/C33H37Cl2N5O4/c1-31(2)12-14-32(15-13-31)33(23-11-8-21(35)17-24(23)37-29(33)42)25(19-4-3-5-20(34)16-19)26(39-32)28(41)36-22-9-6-18(7-10-22)27-38-30(43)44-40-27/h3-5,8,11,16-18,22,25-26,39H,6-7,9-10,12-15H2,1-2H3,(H,36,41)(H,37,42)(H,38,40,43)/t18?,22?,25-,26+,33+/m0/s1. The molecule has 2 spiro atoms. The van der Waals surface area contributed by atoms with Crippen LogP contribution >= 0.6 is 23.2 Å². The Morgan fingerprint density at radius 1 is 0.977 bits per heavy atom. The van der Waals surface area contributed by atoms with Gasteiger partial charge in [0.05, 0.1) is 6.04 Å². The third-order valence-corrected chi connectivity index (χ3v) is 11.3. The molecule has 3 heterocycles. The Kier molecular flexibility index (Phi) is 7.22. The van der Waals surface area contributed by atoms with Gasteiger partial charge >= 0.3 is 5.76 Å². The van der Waals surface area contributed by atoms with Crippen molar-refractivity contribution in [2.24, 2.45) is 5.41 Å². The maximum atomic E-state index is 14.6. The van der Waals surface area contributed by atoms with E-state index in [1.807, 2.05) is 42.5 Å². The van der Waals surface area contributed by atoms with Crippen LogP contribution < -0.4 is 21.7 Å². The lowest BCUT2D eigenvalue weighted by molar-refractivity contribution is -0.125. The van der Waals surface area contributed by atoms with Gasteiger partial charge in [-0.3, -0.25) is 24.4 Å². The molecule has 44 heavy (non-hydrogen) atoms. The summed E-state index contributed by atoms with van der Waals surface area (Å²) in [6.45, 7) is 4.54. The van der Waals surface area contributed by atoms with Gasteiger partial charge in [0.2, 0.25) is 11.8 Å². The summed E-state index contributed by atoms with van der Waals surface area (Å²) >= 11 is 13.0. The summed E-state index contributed by atoms with van der Waals surface area (Å²) in [6.07, 6.45) is 6.35. The summed E-state index contributed by atoms with van der Waals surface area (Å²) in [5, 5.41) is 15.3. The van der Waals surface area contributed by atoms with Crippen molar-refractivity contribution in [3.8, 4) is 0 Å². The van der Waals surface area contributed by atoms with E-state index in [4.69, 9.17) is 27.7 Å². The smallest absolute Gasteiger partial charge is 0.352 e. The van der Waals surface area contributed by atoms with E-state index in [0.29, 0.717) is 21.6 Å². The number of amides is 2. The number of nitrogens with zero attached hydrogens (tertiary/aromatic N) is 1. The molecular weight excluding hydrogens is 601 g/mol. The van der Waals surface area contributed by atoms with Gasteiger partial charge in [-0.2, -0.15) is 0 Å². The number of nitrogens with one attached hydrogen (secondary N) is 4. The van der Waals surface area contributed by atoms with Gasteiger partial charge in [0, 0.05) is 39.1 Å². The van der Waals surface area contributed by atoms with Crippen LogP contribution in [0.3, 0.4) is 0 Å². The number of rotatable bonds is 4. The van der Waals surface area contributed by atoms with Crippen LogP contribution in [0.15, 0.2) is 51.8 Å². The maximum Gasteiger partial charge on any atom is 0.438 e. The highest BCUT2D eigenvalue weighted by atomic mass is 35.5. The van der Waals surface area contributed by atoms with E-state index >= 15 is 0 Å². The van der Waals surface area contributed by atoms with Gasteiger partial charge in [0.25, 0.3) is 0 Å². The highest BCUT2D eigenvalue weighted by molar-refractivity contribution is 6.31. The number of halogens is 2. The van der Waals surface area contributed by atoms with Crippen LogP contribution in [0.4, 0.5) is 5.69 Å². The quantitative estimate of drug-likeness (QED) is 0.286. The van der Waals surface area contributed by atoms with E-state index in [1.54, 1.807) is 0 Å². The molecule has 4 N–H and O–H groups in total. The van der Waals surface area contributed by atoms with Crippen LogP contribution in [0.5, 0.6) is 0 Å². The third-order valence-electron chi connectivity index (χ3n) is 10.9. The fraction of sp³-hybridized carbons (Fsp3) is 0.515. The van der Waals surface area contributed by atoms with Crippen LogP contribution in [0.25, 0.3) is 0 Å². The van der Waals surface area contributed by atoms with Gasteiger partial charge in [0.15, 0.2) is 5.82 Å². The first-order valence-electron chi connectivity index (χ1n) is 15.5. The number of fused-ring (bicyclic) bond motifs is 3. The van der Waals surface area contributed by atoms with Crippen molar-refractivity contribution in [3.63, 3.8) is 0 Å². The molecular formula is C33H37Cl2N5O4. The molecule has 0 unspecified atom stereocenters. The molecule has 11 heteroatoms. The number of benzene rings is 2. The normalized spacial score (nSPS) is 30.3. The number of hydrogen-bond donors (Lipinski definition) is 4. The first kappa shape index (κ1) is 29.6. The minimum atomic E-state index is -1.05. The second-order valence-corrected chi connectivity index (χ2v) is 14.8. The summed E-state index contributed by atoms with van der Waals surface area (Å²) < 4.78 is 4.70. The molecule has 0 bridgehead atoms. The van der Waals surface area contributed by atoms with Gasteiger partial charge < -0.3 is 10.6 Å². The van der Waals surface area contributed by atoms with Crippen LogP contribution in [-0.4, -0.2) is 39.6 Å². The Labute approximate surface area is 265 Å². The molecule has 1 aromatic heterocycles. The van der Waals surface area contributed by atoms with Crippen LogP contribution in [0.2, 0.25) is 10.0 Å². The van der Waals surface area contributed by atoms with Crippen molar-refractivity contribution in [2.45, 2.75) is 100 Å². The average Bonchev–Trinajstić information content (AvgIpc) is 3.64. The minimum absolute atomic E-state index is 0.0412. The van der Waals surface area contributed by atoms with E-state index in [2.05, 4.69) is 39.9 Å². The topological polar surface area (TPSA) is 129 Å². The summed E-state index contributed by atoms with van der Waals surface area (Å²) in [5.74, 6) is -0.645. The maximum absolute atomic E-state index is 14.6. The lowest BCUT2D eigenvalue weighted by Crippen LogP contribution is -2.61. The van der Waals surface area contributed by atoms with Gasteiger partial charge in [-0.15, -0.1) is 0 Å². The Morgan fingerprint density at radius 2 is 1.70 bits per heavy atom. The van der Waals surface area contributed by atoms with Gasteiger partial charge in [-0.1, -0.05) is 60.4 Å². The van der Waals surface area contributed by atoms with E-state index in [1.165, 1.54) is 0 Å². The molecule has 0 radical (unpaired) electrons. The van der Waals surface area contributed by atoms with Crippen LogP contribution in [0.1, 0.15) is 94.0 Å². The van der Waals surface area contributed by atoms with Crippen molar-refractivity contribution in [3.05, 3.63) is 80.0 Å². The first-order valence-corrected chi connectivity index (χ1v) is 16.3. The fourth-order valence-electron chi connectivity index (χ4n) is 8.60. The largest absolute Gasteiger partial charge is 0.438 e. The lowest BCUT2D eigenvalue weighted by atomic mass is 9.53. The molecule has 7 rings (SSSR count). The molecule has 4 aliphatic rings. The van der Waals surface area contributed by atoms with Crippen molar-refractivity contribution >= 4 is 40.7 Å². The zero-order valence-electron chi connectivity index (χ0n) is 24.8. The zero-order valence-corrected chi connectivity index (χ0v) is 26.4. The molecule has 2 aromatic carbocycles. The number of aromatic amines is 1. The molecule has 1 saturated heterocycles. The molecule has 232 valence electrons. The molecule has 2 amide bonds. The number of carbonyl (C=O) groups excluding carboxylic acids is 2. The predicted molar refractivity (Wildman–Crippen MR) is 168 cm³/mol. The van der Waals surface area contributed by atoms with E-state index in [9.17, 15) is 14.4 Å². The number of carbonyl (C=O) groups is 2. The number of H-pyrrole nitrogens is 1. The molecule has 2 aliphatic carbocycles. The second kappa shape index (κ2) is 10.7. The first-order chi connectivity index (χ1) is 21.0. The average molecular weight is 639 g/mol. The monoisotopic (exact) mass is 637 g/mol. The van der Waals surface area contributed by atoms with Gasteiger partial charge in [-0.25, -0.2) is 4.79 Å². The van der Waals surface area contributed by atoms with E-state index in [0.717, 1.165) is 62.5 Å². The summed E-state index contributed by atoms with van der Waals surface area (Å²) in [5.41, 5.74) is 0.852. The van der Waals surface area contributed by atoms with Crippen molar-refractivity contribution < 1.29 is 14.1 Å². The Bertz CT molecular complexity index is 1670. The minimum Gasteiger partial charge on any atom is -0.352 e. The number of anilines is 1. The van der Waals surface area contributed by atoms with Crippen molar-refractivity contribution in [2.75, 3.05) is 5.32 Å². The van der Waals surface area contributed by atoms with Crippen molar-refractivity contribution in [1.29, 1.82) is 0 Å². The second-order valence-electron chi connectivity index (χ2n) is 13.9. The summed E-state index contributed by atoms with van der Waals surface area (Å²) in [4.78, 5) is 43.2. The number of hydrogen-bond acceptors (Lipinski definition) is 6. The molecule has 2 aliphatic heterocycles. The molecule has 3 atom stereocenters. The Morgan fingerprint density at radius 3 is 2.39 bits per heavy atom. The summed E-state index contributed by atoms with van der Waals surface area (Å²) in [7, 11) is 0. The zero-order chi connectivity index (χ0) is 30.9. The number of aromatic nitrogens is 2. The molecule has 2 saturated carbocycles. The Balaban J connectivity index is 1.28. The van der Waals surface area contributed by atoms with Crippen molar-refractivity contribution in [1.82, 2.24) is 20.8 Å². The molecule has 3 fully saturated rings. The lowest BCUT2D eigenvalue weighted by Gasteiger charge is -2.50. The predicted octanol–water partition coefficient (Wildman–Crippen LogP) is 5.80. The Hall–Kier alpha value is -3.14. The van der Waals surface area contributed by atoms with E-state index < -0.39 is 28.7 Å². The molecule has 3 aromatic rings. The summed E-state index contributed by atoms with van der Waals surface area (Å²) in [6, 6.07) is 12.5. The third kappa shape index (κ3) is 4.70. The van der Waals surface area contributed by atoms with Crippen LogP contribution in [0, 0.1) is 5.41 Å². The highest BCUT2D eigenvalue weighted by Gasteiger charge is 2.72. The molecule has 9 nitrogen and oxygen atoms in total.